The van der Waals surface area contributed by atoms with Gasteiger partial charge in [-0.25, -0.2) is 4.98 Å². The van der Waals surface area contributed by atoms with Crippen LogP contribution in [-0.4, -0.2) is 27.2 Å². The van der Waals surface area contributed by atoms with Gasteiger partial charge in [0.2, 0.25) is 0 Å². The van der Waals surface area contributed by atoms with Crippen LogP contribution in [0.15, 0.2) is 41.3 Å². The van der Waals surface area contributed by atoms with Gasteiger partial charge >= 0.3 is 5.97 Å². The van der Waals surface area contributed by atoms with Gasteiger partial charge in [0, 0.05) is 6.20 Å². The Hall–Kier alpha value is -2.34. The Kier molecular flexibility index (Phi) is 4.37. The number of rotatable bonds is 5. The Bertz CT molecular complexity index is 670. The molecule has 0 aliphatic carbocycles. The SMILES string of the molecule is O=C(O)CNc1nc(Cl)cn(Cc2ccccc2)c1=O. The van der Waals surface area contributed by atoms with Gasteiger partial charge in [0.25, 0.3) is 5.56 Å². The zero-order valence-corrected chi connectivity index (χ0v) is 11.2. The molecule has 0 saturated heterocycles. The van der Waals surface area contributed by atoms with Crippen molar-refractivity contribution in [2.24, 2.45) is 0 Å². The fourth-order valence-corrected chi connectivity index (χ4v) is 1.88. The Morgan fingerprint density at radius 2 is 2.05 bits per heavy atom. The molecule has 104 valence electrons. The van der Waals surface area contributed by atoms with Crippen molar-refractivity contribution in [3.63, 3.8) is 0 Å². The molecule has 0 saturated carbocycles. The van der Waals surface area contributed by atoms with E-state index in [1.54, 1.807) is 0 Å². The van der Waals surface area contributed by atoms with Gasteiger partial charge in [0.1, 0.15) is 11.7 Å². The summed E-state index contributed by atoms with van der Waals surface area (Å²) in [5, 5.41) is 11.2. The predicted molar refractivity (Wildman–Crippen MR) is 75.2 cm³/mol. The number of carbonyl (C=O) groups is 1. The number of benzene rings is 1. The molecule has 0 aliphatic heterocycles. The second-order valence-corrected chi connectivity index (χ2v) is 4.47. The van der Waals surface area contributed by atoms with Crippen molar-refractivity contribution in [1.82, 2.24) is 9.55 Å². The van der Waals surface area contributed by atoms with Gasteiger partial charge in [-0.05, 0) is 5.56 Å². The number of carboxylic acids is 1. The number of aromatic nitrogens is 2. The van der Waals surface area contributed by atoms with E-state index in [1.807, 2.05) is 30.3 Å². The minimum atomic E-state index is -1.08. The predicted octanol–water partition coefficient (Wildman–Crippen LogP) is 1.44. The van der Waals surface area contributed by atoms with Crippen molar-refractivity contribution >= 4 is 23.4 Å². The summed E-state index contributed by atoms with van der Waals surface area (Å²) in [6.07, 6.45) is 1.42. The van der Waals surface area contributed by atoms with Gasteiger partial charge in [0.05, 0.1) is 6.54 Å². The summed E-state index contributed by atoms with van der Waals surface area (Å²) >= 11 is 5.85. The second kappa shape index (κ2) is 6.21. The Morgan fingerprint density at radius 3 is 2.70 bits per heavy atom. The van der Waals surface area contributed by atoms with Crippen LogP contribution in [0, 0.1) is 0 Å². The topological polar surface area (TPSA) is 84.2 Å². The maximum atomic E-state index is 12.1. The molecular weight excluding hydrogens is 282 g/mol. The number of hydrogen-bond acceptors (Lipinski definition) is 4. The van der Waals surface area contributed by atoms with Gasteiger partial charge in [0.15, 0.2) is 5.82 Å². The first kappa shape index (κ1) is 14.1. The molecule has 2 N–H and O–H groups in total. The number of aliphatic carboxylic acids is 1. The number of anilines is 1. The van der Waals surface area contributed by atoms with E-state index in [4.69, 9.17) is 16.7 Å². The zero-order valence-electron chi connectivity index (χ0n) is 10.4. The molecule has 6 nitrogen and oxygen atoms in total. The van der Waals surface area contributed by atoms with Crippen LogP contribution in [0.25, 0.3) is 0 Å². The zero-order chi connectivity index (χ0) is 14.5. The van der Waals surface area contributed by atoms with Gasteiger partial charge in [-0.1, -0.05) is 41.9 Å². The highest BCUT2D eigenvalue weighted by atomic mass is 35.5. The molecule has 7 heteroatoms. The molecule has 1 heterocycles. The molecule has 1 aromatic carbocycles. The van der Waals surface area contributed by atoms with Crippen molar-refractivity contribution in [2.45, 2.75) is 6.54 Å². The second-order valence-electron chi connectivity index (χ2n) is 4.08. The molecular formula is C13H12ClN3O3. The van der Waals surface area contributed by atoms with Gasteiger partial charge in [-0.15, -0.1) is 0 Å². The minimum Gasteiger partial charge on any atom is -0.480 e. The van der Waals surface area contributed by atoms with E-state index in [1.165, 1.54) is 10.8 Å². The summed E-state index contributed by atoms with van der Waals surface area (Å²) in [5.41, 5.74) is 0.514. The van der Waals surface area contributed by atoms with E-state index in [0.29, 0.717) is 6.54 Å². The van der Waals surface area contributed by atoms with E-state index >= 15 is 0 Å². The van der Waals surface area contributed by atoms with Crippen LogP contribution in [0.5, 0.6) is 0 Å². The van der Waals surface area contributed by atoms with E-state index in [0.717, 1.165) is 5.56 Å². The van der Waals surface area contributed by atoms with Gasteiger partial charge < -0.3 is 15.0 Å². The van der Waals surface area contributed by atoms with Crippen LogP contribution in [0.4, 0.5) is 5.82 Å². The molecule has 0 fully saturated rings. The summed E-state index contributed by atoms with van der Waals surface area (Å²) < 4.78 is 1.38. The summed E-state index contributed by atoms with van der Waals surface area (Å²) in [4.78, 5) is 26.4. The van der Waals surface area contributed by atoms with Crippen molar-refractivity contribution in [2.75, 3.05) is 11.9 Å². The summed E-state index contributed by atoms with van der Waals surface area (Å²) in [6.45, 7) is -0.0580. The molecule has 0 spiro atoms. The van der Waals surface area contributed by atoms with E-state index < -0.39 is 18.1 Å². The first-order valence-electron chi connectivity index (χ1n) is 5.83. The van der Waals surface area contributed by atoms with Crippen molar-refractivity contribution in [3.8, 4) is 0 Å². The fraction of sp³-hybridized carbons (Fsp3) is 0.154. The lowest BCUT2D eigenvalue weighted by atomic mass is 10.2. The number of nitrogens with zero attached hydrogens (tertiary/aromatic N) is 2. The van der Waals surface area contributed by atoms with Crippen molar-refractivity contribution in [1.29, 1.82) is 0 Å². The Labute approximate surface area is 119 Å². The van der Waals surface area contributed by atoms with E-state index in [2.05, 4.69) is 10.3 Å². The van der Waals surface area contributed by atoms with Crippen LogP contribution in [0.2, 0.25) is 5.15 Å². The molecule has 0 bridgehead atoms. The van der Waals surface area contributed by atoms with Crippen LogP contribution < -0.4 is 10.9 Å². The summed E-state index contributed by atoms with van der Waals surface area (Å²) in [5.74, 6) is -1.16. The number of hydrogen-bond donors (Lipinski definition) is 2. The lowest BCUT2D eigenvalue weighted by Crippen LogP contribution is -2.27. The summed E-state index contributed by atoms with van der Waals surface area (Å²) in [7, 11) is 0. The highest BCUT2D eigenvalue weighted by Gasteiger charge is 2.09. The lowest BCUT2D eigenvalue weighted by Gasteiger charge is -2.09. The monoisotopic (exact) mass is 293 g/mol. The third kappa shape index (κ3) is 3.58. The van der Waals surface area contributed by atoms with Crippen molar-refractivity contribution < 1.29 is 9.90 Å². The molecule has 2 rings (SSSR count). The first-order valence-corrected chi connectivity index (χ1v) is 6.20. The molecule has 1 aromatic heterocycles. The molecule has 0 radical (unpaired) electrons. The number of halogens is 1. The largest absolute Gasteiger partial charge is 0.480 e. The average Bonchev–Trinajstić information content (AvgIpc) is 2.42. The van der Waals surface area contributed by atoms with Crippen LogP contribution >= 0.6 is 11.6 Å². The molecule has 0 amide bonds. The highest BCUT2D eigenvalue weighted by molar-refractivity contribution is 6.29. The molecule has 0 atom stereocenters. The quantitative estimate of drug-likeness (QED) is 0.871. The third-order valence-electron chi connectivity index (χ3n) is 2.55. The normalized spacial score (nSPS) is 10.2. The average molecular weight is 294 g/mol. The van der Waals surface area contributed by atoms with E-state index in [-0.39, 0.29) is 11.0 Å². The molecule has 0 aliphatic rings. The Morgan fingerprint density at radius 1 is 1.35 bits per heavy atom. The first-order chi connectivity index (χ1) is 9.56. The van der Waals surface area contributed by atoms with E-state index in [9.17, 15) is 9.59 Å². The van der Waals surface area contributed by atoms with Crippen LogP contribution in [0.1, 0.15) is 5.56 Å². The lowest BCUT2D eigenvalue weighted by molar-refractivity contribution is -0.134. The molecule has 0 unspecified atom stereocenters. The number of carboxylic acid groups (broad SMARTS) is 1. The van der Waals surface area contributed by atoms with Gasteiger partial charge in [-0.2, -0.15) is 0 Å². The minimum absolute atomic E-state index is 0.0733. The Balaban J connectivity index is 2.29. The highest BCUT2D eigenvalue weighted by Crippen LogP contribution is 2.07. The molecule has 20 heavy (non-hydrogen) atoms. The fourth-order valence-electron chi connectivity index (χ4n) is 1.68. The van der Waals surface area contributed by atoms with Crippen LogP contribution in [0.3, 0.4) is 0 Å². The van der Waals surface area contributed by atoms with Gasteiger partial charge in [-0.3, -0.25) is 9.59 Å². The van der Waals surface area contributed by atoms with Crippen LogP contribution in [-0.2, 0) is 11.3 Å². The smallest absolute Gasteiger partial charge is 0.322 e. The third-order valence-corrected chi connectivity index (χ3v) is 2.73. The van der Waals surface area contributed by atoms with Crippen molar-refractivity contribution in [3.05, 3.63) is 57.6 Å². The maximum absolute atomic E-state index is 12.1. The summed E-state index contributed by atoms with van der Waals surface area (Å²) in [6, 6.07) is 9.38. The standard InChI is InChI=1S/C13H12ClN3O3/c14-10-8-17(7-9-4-2-1-3-5-9)13(20)12(16-10)15-6-11(18)19/h1-5,8H,6-7H2,(H,15,16)(H,18,19). The number of nitrogens with one attached hydrogen (secondary N) is 1. The molecule has 2 aromatic rings. The maximum Gasteiger partial charge on any atom is 0.322 e.